The molecule has 0 bridgehead atoms. The normalized spacial score (nSPS) is 12.2. The van der Waals surface area contributed by atoms with E-state index in [4.69, 9.17) is 19.4 Å². The van der Waals surface area contributed by atoms with Gasteiger partial charge in [-0.2, -0.15) is 9.97 Å². The van der Waals surface area contributed by atoms with Gasteiger partial charge in [-0.05, 0) is 51.9 Å². The summed E-state index contributed by atoms with van der Waals surface area (Å²) in [6.07, 6.45) is 0. The smallest absolute Gasteiger partial charge is 0.238 e. The van der Waals surface area contributed by atoms with Crippen LogP contribution in [0.25, 0.3) is 114 Å². The zero-order valence-electron chi connectivity index (χ0n) is 28.1. The van der Waals surface area contributed by atoms with Crippen molar-refractivity contribution in [3.8, 4) is 28.7 Å². The Balaban J connectivity index is 1.23. The third-order valence-corrected chi connectivity index (χ3v) is 11.8. The first kappa shape index (κ1) is 28.8. The predicted octanol–water partition coefficient (Wildman–Crippen LogP) is 12.9. The van der Waals surface area contributed by atoms with Crippen LogP contribution in [-0.2, 0) is 0 Å². The summed E-state index contributed by atoms with van der Waals surface area (Å²) < 4.78 is 11.3. The van der Waals surface area contributed by atoms with Gasteiger partial charge >= 0.3 is 0 Å². The molecule has 4 aromatic heterocycles. The quantitative estimate of drug-likeness (QED) is 0.185. The maximum atomic E-state index is 6.49. The van der Waals surface area contributed by atoms with E-state index >= 15 is 0 Å². The van der Waals surface area contributed by atoms with Gasteiger partial charge < -0.3 is 4.42 Å². The van der Waals surface area contributed by atoms with E-state index in [1.54, 1.807) is 0 Å². The Morgan fingerprint density at radius 3 is 2.02 bits per heavy atom. The Labute approximate surface area is 306 Å². The second kappa shape index (κ2) is 10.8. The molecule has 12 aromatic rings. The number of rotatable bonds is 3. The van der Waals surface area contributed by atoms with E-state index in [2.05, 4.69) is 132 Å². The molecular formula is C47H26N4OS. The lowest BCUT2D eigenvalue weighted by atomic mass is 9.98. The van der Waals surface area contributed by atoms with E-state index in [-0.39, 0.29) is 0 Å². The fourth-order valence-electron chi connectivity index (χ4n) is 8.34. The number of benzene rings is 8. The van der Waals surface area contributed by atoms with Crippen molar-refractivity contribution in [2.75, 3.05) is 0 Å². The molecular weight excluding hydrogens is 669 g/mol. The summed E-state index contributed by atoms with van der Waals surface area (Å²) in [5.41, 5.74) is 5.59. The Kier molecular flexibility index (Phi) is 5.87. The topological polar surface area (TPSA) is 56.7 Å². The van der Waals surface area contributed by atoms with Gasteiger partial charge in [0.15, 0.2) is 11.6 Å². The number of fused-ring (bicyclic) bond motifs is 14. The standard InChI is InChI=1S/C47H26N4OS/c1-2-13-28(14-3-1)45-48-46(35-26-39-41(32-18-7-6-16-30(32)35)34-19-8-10-20-38(34)52-39)50-47(49-45)51-36-24-22-27-12-4-5-15-29(27)42(36)43-37(51)25-23-33-31-17-9-11-21-40(31)53-44(33)43/h1-26H. The van der Waals surface area contributed by atoms with Gasteiger partial charge in [-0.1, -0.05) is 127 Å². The van der Waals surface area contributed by atoms with Gasteiger partial charge in [0.2, 0.25) is 5.95 Å². The van der Waals surface area contributed by atoms with E-state index < -0.39 is 0 Å². The highest BCUT2D eigenvalue weighted by atomic mass is 32.1. The molecule has 0 fully saturated rings. The van der Waals surface area contributed by atoms with Crippen LogP contribution in [0.3, 0.4) is 0 Å². The van der Waals surface area contributed by atoms with Gasteiger partial charge in [0.05, 0.1) is 11.0 Å². The van der Waals surface area contributed by atoms with Crippen LogP contribution in [0, 0.1) is 0 Å². The Bertz CT molecular complexity index is 3470. The van der Waals surface area contributed by atoms with Crippen molar-refractivity contribution in [2.45, 2.75) is 0 Å². The first-order valence-electron chi connectivity index (χ1n) is 17.7. The molecule has 0 amide bonds. The fraction of sp³-hybridized carbons (Fsp3) is 0. The van der Waals surface area contributed by atoms with E-state index in [1.807, 2.05) is 41.7 Å². The van der Waals surface area contributed by atoms with Crippen molar-refractivity contribution in [3.63, 3.8) is 0 Å². The maximum absolute atomic E-state index is 6.49. The highest BCUT2D eigenvalue weighted by molar-refractivity contribution is 7.26. The summed E-state index contributed by atoms with van der Waals surface area (Å²) in [6.45, 7) is 0. The van der Waals surface area contributed by atoms with Crippen molar-refractivity contribution in [2.24, 2.45) is 0 Å². The van der Waals surface area contributed by atoms with Crippen LogP contribution < -0.4 is 0 Å². The third-order valence-electron chi connectivity index (χ3n) is 10.6. The molecule has 0 N–H and O–H groups in total. The average molecular weight is 695 g/mol. The monoisotopic (exact) mass is 694 g/mol. The molecule has 0 aliphatic heterocycles. The molecule has 8 aromatic carbocycles. The van der Waals surface area contributed by atoms with Crippen LogP contribution >= 0.6 is 11.3 Å². The SMILES string of the molecule is c1ccc(-c2nc(-c3cc4oc5ccccc5c4c4ccccc34)nc(-n3c4ccc5ccccc5c4c4c5sc6ccccc6c5ccc43)n2)cc1. The van der Waals surface area contributed by atoms with Crippen LogP contribution in [0.5, 0.6) is 0 Å². The predicted molar refractivity (Wildman–Crippen MR) is 220 cm³/mol. The minimum atomic E-state index is 0.568. The summed E-state index contributed by atoms with van der Waals surface area (Å²) in [4.78, 5) is 15.9. The maximum Gasteiger partial charge on any atom is 0.238 e. The lowest BCUT2D eigenvalue weighted by Gasteiger charge is -2.12. The van der Waals surface area contributed by atoms with Crippen molar-refractivity contribution in [1.29, 1.82) is 0 Å². The minimum absolute atomic E-state index is 0.568. The first-order valence-corrected chi connectivity index (χ1v) is 18.5. The van der Waals surface area contributed by atoms with E-state index in [9.17, 15) is 0 Å². The van der Waals surface area contributed by atoms with Gasteiger partial charge in [-0.3, -0.25) is 4.57 Å². The molecule has 0 spiro atoms. The molecule has 12 rings (SSSR count). The molecule has 246 valence electrons. The minimum Gasteiger partial charge on any atom is -0.456 e. The number of hydrogen-bond donors (Lipinski definition) is 0. The molecule has 0 radical (unpaired) electrons. The summed E-state index contributed by atoms with van der Waals surface area (Å²) in [5.74, 6) is 1.77. The molecule has 0 saturated heterocycles. The number of hydrogen-bond acceptors (Lipinski definition) is 5. The van der Waals surface area contributed by atoms with E-state index in [0.717, 1.165) is 54.9 Å². The van der Waals surface area contributed by atoms with Crippen LogP contribution in [0.4, 0.5) is 0 Å². The Morgan fingerprint density at radius 2 is 1.13 bits per heavy atom. The first-order chi connectivity index (χ1) is 26.3. The van der Waals surface area contributed by atoms with Crippen LogP contribution in [0.15, 0.2) is 162 Å². The molecule has 6 heteroatoms. The third kappa shape index (κ3) is 4.09. The van der Waals surface area contributed by atoms with Gasteiger partial charge in [-0.25, -0.2) is 4.98 Å². The van der Waals surface area contributed by atoms with E-state index in [1.165, 1.54) is 41.7 Å². The number of furan rings is 1. The molecule has 5 nitrogen and oxygen atoms in total. The number of aromatic nitrogens is 4. The Hall–Kier alpha value is -6.89. The lowest BCUT2D eigenvalue weighted by molar-refractivity contribution is 0.669. The number of nitrogens with zero attached hydrogens (tertiary/aromatic N) is 4. The molecule has 4 heterocycles. The summed E-state index contributed by atoms with van der Waals surface area (Å²) in [5, 5.41) is 11.7. The second-order valence-corrected chi connectivity index (χ2v) is 14.6. The second-order valence-electron chi connectivity index (χ2n) is 13.5. The Morgan fingerprint density at radius 1 is 0.453 bits per heavy atom. The largest absolute Gasteiger partial charge is 0.456 e. The molecule has 0 aliphatic rings. The highest BCUT2D eigenvalue weighted by Crippen LogP contribution is 2.45. The van der Waals surface area contributed by atoms with Gasteiger partial charge in [0, 0.05) is 52.8 Å². The van der Waals surface area contributed by atoms with Crippen molar-refractivity contribution in [1.82, 2.24) is 19.5 Å². The molecule has 0 saturated carbocycles. The summed E-state index contributed by atoms with van der Waals surface area (Å²) >= 11 is 1.85. The molecule has 0 atom stereocenters. The molecule has 0 unspecified atom stereocenters. The van der Waals surface area contributed by atoms with Crippen LogP contribution in [-0.4, -0.2) is 19.5 Å². The number of thiophene rings is 1. The van der Waals surface area contributed by atoms with E-state index in [0.29, 0.717) is 17.6 Å². The van der Waals surface area contributed by atoms with Crippen LogP contribution in [0.1, 0.15) is 0 Å². The van der Waals surface area contributed by atoms with Crippen molar-refractivity contribution < 1.29 is 4.42 Å². The van der Waals surface area contributed by atoms with Gasteiger partial charge in [0.1, 0.15) is 11.2 Å². The fourth-order valence-corrected chi connectivity index (χ4v) is 9.59. The van der Waals surface area contributed by atoms with Gasteiger partial charge in [-0.15, -0.1) is 11.3 Å². The average Bonchev–Trinajstić information content (AvgIpc) is 3.90. The highest BCUT2D eigenvalue weighted by Gasteiger charge is 2.23. The zero-order valence-corrected chi connectivity index (χ0v) is 28.9. The summed E-state index contributed by atoms with van der Waals surface area (Å²) in [7, 11) is 0. The van der Waals surface area contributed by atoms with Crippen LogP contribution in [0.2, 0.25) is 0 Å². The molecule has 53 heavy (non-hydrogen) atoms. The van der Waals surface area contributed by atoms with Crippen molar-refractivity contribution in [3.05, 3.63) is 158 Å². The van der Waals surface area contributed by atoms with Gasteiger partial charge in [0.25, 0.3) is 0 Å². The summed E-state index contributed by atoms with van der Waals surface area (Å²) in [6, 6.07) is 55.3. The molecule has 0 aliphatic carbocycles. The zero-order chi connectivity index (χ0) is 34.6. The lowest BCUT2D eigenvalue weighted by Crippen LogP contribution is -2.06. The van der Waals surface area contributed by atoms with Crippen molar-refractivity contribution >= 4 is 96.8 Å². The number of para-hydroxylation sites is 1.